The zero-order valence-electron chi connectivity index (χ0n) is 10.6. The first kappa shape index (κ1) is 15.1. The molecule has 7 heteroatoms. The fraction of sp³-hybridized carbons (Fsp3) is 0.462. The van der Waals surface area contributed by atoms with Crippen molar-refractivity contribution in [3.63, 3.8) is 0 Å². The largest absolute Gasteiger partial charge is 0.418 e. The Balaban J connectivity index is 2.18. The molecule has 1 heterocycles. The number of nitrogens with one attached hydrogen (secondary N) is 2. The van der Waals surface area contributed by atoms with E-state index < -0.39 is 17.6 Å². The molecule has 20 heavy (non-hydrogen) atoms. The van der Waals surface area contributed by atoms with E-state index in [0.717, 1.165) is 19.0 Å². The Morgan fingerprint density at radius 3 is 2.75 bits per heavy atom. The van der Waals surface area contributed by atoms with Crippen molar-refractivity contribution in [2.75, 3.05) is 18.4 Å². The Morgan fingerprint density at radius 1 is 1.40 bits per heavy atom. The van der Waals surface area contributed by atoms with Gasteiger partial charge in [-0.1, -0.05) is 11.6 Å². The lowest BCUT2D eigenvalue weighted by Crippen LogP contribution is -2.37. The second-order valence-corrected chi connectivity index (χ2v) is 5.16. The van der Waals surface area contributed by atoms with E-state index in [9.17, 15) is 18.0 Å². The van der Waals surface area contributed by atoms with Gasteiger partial charge in [-0.2, -0.15) is 13.2 Å². The topological polar surface area (TPSA) is 41.1 Å². The average Bonchev–Trinajstić information content (AvgIpc) is 2.40. The fourth-order valence-electron chi connectivity index (χ4n) is 2.17. The van der Waals surface area contributed by atoms with E-state index in [-0.39, 0.29) is 16.6 Å². The smallest absolute Gasteiger partial charge is 0.325 e. The highest BCUT2D eigenvalue weighted by Gasteiger charge is 2.34. The minimum absolute atomic E-state index is 0.0188. The van der Waals surface area contributed by atoms with Gasteiger partial charge in [0.25, 0.3) is 0 Å². The lowest BCUT2D eigenvalue weighted by Gasteiger charge is -2.23. The van der Waals surface area contributed by atoms with Gasteiger partial charge in [0, 0.05) is 11.6 Å². The first-order valence-electron chi connectivity index (χ1n) is 6.26. The number of carbonyl (C=O) groups excluding carboxylic acids is 1. The summed E-state index contributed by atoms with van der Waals surface area (Å²) in [6.45, 7) is 1.32. The summed E-state index contributed by atoms with van der Waals surface area (Å²) in [6.07, 6.45) is -3.04. The number of hydrogen-bond acceptors (Lipinski definition) is 2. The number of rotatable bonds is 2. The van der Waals surface area contributed by atoms with Crippen molar-refractivity contribution >= 4 is 23.2 Å². The fourth-order valence-corrected chi connectivity index (χ4v) is 2.34. The first-order valence-corrected chi connectivity index (χ1v) is 6.64. The molecule has 2 rings (SSSR count). The Morgan fingerprint density at radius 2 is 2.15 bits per heavy atom. The molecule has 3 nitrogen and oxygen atoms in total. The number of piperidine rings is 1. The van der Waals surface area contributed by atoms with Crippen LogP contribution in [0.5, 0.6) is 0 Å². The number of amides is 1. The molecule has 1 aromatic carbocycles. The van der Waals surface area contributed by atoms with Gasteiger partial charge in [-0.15, -0.1) is 0 Å². The van der Waals surface area contributed by atoms with Crippen molar-refractivity contribution in [2.45, 2.75) is 19.0 Å². The minimum atomic E-state index is -4.56. The lowest BCUT2D eigenvalue weighted by atomic mass is 9.98. The first-order chi connectivity index (χ1) is 9.38. The lowest BCUT2D eigenvalue weighted by molar-refractivity contribution is -0.137. The van der Waals surface area contributed by atoms with Crippen molar-refractivity contribution in [3.05, 3.63) is 28.8 Å². The van der Waals surface area contributed by atoms with Crippen LogP contribution in [0.3, 0.4) is 0 Å². The van der Waals surface area contributed by atoms with Gasteiger partial charge >= 0.3 is 6.18 Å². The van der Waals surface area contributed by atoms with Gasteiger partial charge in [0.2, 0.25) is 5.91 Å². The summed E-state index contributed by atoms with van der Waals surface area (Å²) >= 11 is 5.59. The third kappa shape index (κ3) is 3.64. The van der Waals surface area contributed by atoms with Crippen LogP contribution < -0.4 is 10.6 Å². The van der Waals surface area contributed by atoms with Gasteiger partial charge in [0.15, 0.2) is 0 Å². The molecule has 1 fully saturated rings. The van der Waals surface area contributed by atoms with E-state index in [1.807, 2.05) is 0 Å². The van der Waals surface area contributed by atoms with Gasteiger partial charge < -0.3 is 10.6 Å². The molecule has 0 unspecified atom stereocenters. The van der Waals surface area contributed by atoms with E-state index in [0.29, 0.717) is 13.0 Å². The molecule has 0 radical (unpaired) electrons. The summed E-state index contributed by atoms with van der Waals surface area (Å²) in [5.41, 5.74) is -1.18. The number of halogens is 4. The van der Waals surface area contributed by atoms with Gasteiger partial charge in [-0.05, 0) is 37.6 Å². The molecule has 1 atom stereocenters. The summed E-state index contributed by atoms with van der Waals surface area (Å²) < 4.78 is 38.7. The minimum Gasteiger partial charge on any atom is -0.325 e. The molecule has 110 valence electrons. The zero-order valence-corrected chi connectivity index (χ0v) is 11.3. The van der Waals surface area contributed by atoms with E-state index in [2.05, 4.69) is 10.6 Å². The maximum Gasteiger partial charge on any atom is 0.418 e. The summed E-state index contributed by atoms with van der Waals surface area (Å²) in [6, 6.07) is 3.32. The highest BCUT2D eigenvalue weighted by Crippen LogP contribution is 2.36. The molecule has 0 spiro atoms. The number of anilines is 1. The molecule has 1 aromatic rings. The second kappa shape index (κ2) is 6.01. The standard InChI is InChI=1S/C13H14ClF3N2O/c14-9-3-4-11(10(6-9)13(15,16)17)19-12(20)8-2-1-5-18-7-8/h3-4,6,8,18H,1-2,5,7H2,(H,19,20)/t8-/m1/s1. The molecule has 1 saturated heterocycles. The van der Waals surface area contributed by atoms with Crippen LogP contribution in [0.25, 0.3) is 0 Å². The number of carbonyl (C=O) groups is 1. The van der Waals surface area contributed by atoms with Crippen molar-refractivity contribution in [3.8, 4) is 0 Å². The van der Waals surface area contributed by atoms with Crippen LogP contribution in [0.1, 0.15) is 18.4 Å². The second-order valence-electron chi connectivity index (χ2n) is 4.72. The maximum absolute atomic E-state index is 12.9. The highest BCUT2D eigenvalue weighted by atomic mass is 35.5. The molecule has 0 saturated carbocycles. The van der Waals surface area contributed by atoms with Crippen molar-refractivity contribution in [2.24, 2.45) is 5.92 Å². The van der Waals surface area contributed by atoms with Gasteiger partial charge in [-0.25, -0.2) is 0 Å². The summed E-state index contributed by atoms with van der Waals surface area (Å²) in [5, 5.41) is 5.39. The van der Waals surface area contributed by atoms with Gasteiger partial charge in [-0.3, -0.25) is 4.79 Å². The monoisotopic (exact) mass is 306 g/mol. The highest BCUT2D eigenvalue weighted by molar-refractivity contribution is 6.30. The molecule has 1 amide bonds. The predicted octanol–water partition coefficient (Wildman–Crippen LogP) is 3.30. The Labute approximate surface area is 119 Å². The Bertz CT molecular complexity index is 499. The number of hydrogen-bond donors (Lipinski definition) is 2. The van der Waals surface area contributed by atoms with Gasteiger partial charge in [0.1, 0.15) is 0 Å². The predicted molar refractivity (Wildman–Crippen MR) is 70.7 cm³/mol. The van der Waals surface area contributed by atoms with Crippen molar-refractivity contribution in [1.29, 1.82) is 0 Å². The molecule has 0 aromatic heterocycles. The zero-order chi connectivity index (χ0) is 14.8. The quantitative estimate of drug-likeness (QED) is 0.880. The van der Waals surface area contributed by atoms with E-state index in [4.69, 9.17) is 11.6 Å². The van der Waals surface area contributed by atoms with Gasteiger partial charge in [0.05, 0.1) is 17.2 Å². The summed E-state index contributed by atoms with van der Waals surface area (Å²) in [4.78, 5) is 12.0. The Kier molecular flexibility index (Phi) is 4.55. The molecule has 0 bridgehead atoms. The molecule has 1 aliphatic heterocycles. The SMILES string of the molecule is O=C(Nc1ccc(Cl)cc1C(F)(F)F)[C@@H]1CCCNC1. The molecular weight excluding hydrogens is 293 g/mol. The van der Waals surface area contributed by atoms with Crippen LogP contribution in [0.2, 0.25) is 5.02 Å². The van der Waals surface area contributed by atoms with E-state index >= 15 is 0 Å². The normalized spacial score (nSPS) is 19.7. The van der Waals surface area contributed by atoms with Crippen LogP contribution in [0.15, 0.2) is 18.2 Å². The van der Waals surface area contributed by atoms with Crippen LogP contribution in [-0.2, 0) is 11.0 Å². The summed E-state index contributed by atoms with van der Waals surface area (Å²) in [7, 11) is 0. The molecule has 0 aliphatic carbocycles. The summed E-state index contributed by atoms with van der Waals surface area (Å²) in [5.74, 6) is -0.703. The Hall–Kier alpha value is -1.27. The maximum atomic E-state index is 12.9. The van der Waals surface area contributed by atoms with Crippen LogP contribution in [-0.4, -0.2) is 19.0 Å². The van der Waals surface area contributed by atoms with Crippen LogP contribution >= 0.6 is 11.6 Å². The van der Waals surface area contributed by atoms with Crippen LogP contribution in [0.4, 0.5) is 18.9 Å². The number of alkyl halides is 3. The third-order valence-corrected chi connectivity index (χ3v) is 3.45. The van der Waals surface area contributed by atoms with Crippen LogP contribution in [0, 0.1) is 5.92 Å². The molecular formula is C13H14ClF3N2O. The molecule has 1 aliphatic rings. The van der Waals surface area contributed by atoms with E-state index in [1.54, 1.807) is 0 Å². The average molecular weight is 307 g/mol. The molecule has 2 N–H and O–H groups in total. The number of benzene rings is 1. The van der Waals surface area contributed by atoms with Crippen molar-refractivity contribution in [1.82, 2.24) is 5.32 Å². The van der Waals surface area contributed by atoms with Crippen molar-refractivity contribution < 1.29 is 18.0 Å². The third-order valence-electron chi connectivity index (χ3n) is 3.21. The van der Waals surface area contributed by atoms with E-state index in [1.165, 1.54) is 12.1 Å².